The molecule has 1 aromatic rings. The fraction of sp³-hybridized carbons (Fsp3) is 0.533. The smallest absolute Gasteiger partial charge is 0.335 e. The van der Waals surface area contributed by atoms with Crippen molar-refractivity contribution in [1.29, 1.82) is 0 Å². The maximum absolute atomic E-state index is 10.8. The Morgan fingerprint density at radius 3 is 2.79 bits per heavy atom. The minimum absolute atomic E-state index is 0.357. The summed E-state index contributed by atoms with van der Waals surface area (Å²) in [5, 5.41) is 12.1. The van der Waals surface area contributed by atoms with Crippen LogP contribution in [-0.2, 0) is 6.54 Å². The van der Waals surface area contributed by atoms with Crippen molar-refractivity contribution in [3.05, 3.63) is 35.4 Å². The highest BCUT2D eigenvalue weighted by Crippen LogP contribution is 2.18. The number of nitrogens with zero attached hydrogens (tertiary/aromatic N) is 1. The van der Waals surface area contributed by atoms with E-state index in [2.05, 4.69) is 10.2 Å². The standard InChI is InChI=1S/C15H22N2O2/c1-16-9-13-3-2-8-17(11-13)10-12-4-6-14(7-5-12)15(18)19/h4-7,13,16H,2-3,8-11H2,1H3,(H,18,19). The van der Waals surface area contributed by atoms with Crippen LogP contribution in [0.15, 0.2) is 24.3 Å². The molecule has 4 heteroatoms. The molecular formula is C15H22N2O2. The summed E-state index contributed by atoms with van der Waals surface area (Å²) in [5.41, 5.74) is 1.55. The van der Waals surface area contributed by atoms with Crippen LogP contribution in [0.3, 0.4) is 0 Å². The van der Waals surface area contributed by atoms with Gasteiger partial charge in [-0.1, -0.05) is 12.1 Å². The van der Waals surface area contributed by atoms with Gasteiger partial charge in [-0.25, -0.2) is 4.79 Å². The SMILES string of the molecule is CNCC1CCCN(Cc2ccc(C(=O)O)cc2)C1. The molecule has 0 radical (unpaired) electrons. The number of likely N-dealkylation sites (tertiary alicyclic amines) is 1. The van der Waals surface area contributed by atoms with E-state index in [0.29, 0.717) is 5.56 Å². The molecule has 0 aliphatic carbocycles. The summed E-state index contributed by atoms with van der Waals surface area (Å²) >= 11 is 0. The van der Waals surface area contributed by atoms with Gasteiger partial charge in [-0.2, -0.15) is 0 Å². The van der Waals surface area contributed by atoms with Crippen LogP contribution in [0.25, 0.3) is 0 Å². The second-order valence-electron chi connectivity index (χ2n) is 5.30. The van der Waals surface area contributed by atoms with Crippen LogP contribution < -0.4 is 5.32 Å². The highest BCUT2D eigenvalue weighted by molar-refractivity contribution is 5.87. The first-order valence-corrected chi connectivity index (χ1v) is 6.88. The van der Waals surface area contributed by atoms with Crippen molar-refractivity contribution in [3.63, 3.8) is 0 Å². The Hall–Kier alpha value is -1.39. The molecule has 4 nitrogen and oxygen atoms in total. The van der Waals surface area contributed by atoms with Crippen LogP contribution in [0.5, 0.6) is 0 Å². The summed E-state index contributed by atoms with van der Waals surface area (Å²) in [5.74, 6) is -0.129. The van der Waals surface area contributed by atoms with Crippen molar-refractivity contribution >= 4 is 5.97 Å². The molecule has 1 aromatic carbocycles. The van der Waals surface area contributed by atoms with E-state index in [1.807, 2.05) is 19.2 Å². The Bertz CT molecular complexity index is 415. The van der Waals surface area contributed by atoms with Crippen LogP contribution in [0.1, 0.15) is 28.8 Å². The molecule has 2 rings (SSSR count). The van der Waals surface area contributed by atoms with Crippen LogP contribution in [0.2, 0.25) is 0 Å². The summed E-state index contributed by atoms with van der Waals surface area (Å²) in [4.78, 5) is 13.3. The van der Waals surface area contributed by atoms with Gasteiger partial charge in [0.05, 0.1) is 5.56 Å². The van der Waals surface area contributed by atoms with E-state index >= 15 is 0 Å². The van der Waals surface area contributed by atoms with Crippen molar-refractivity contribution < 1.29 is 9.90 Å². The van der Waals surface area contributed by atoms with E-state index in [1.165, 1.54) is 18.4 Å². The van der Waals surface area contributed by atoms with E-state index in [-0.39, 0.29) is 0 Å². The van der Waals surface area contributed by atoms with Gasteiger partial charge < -0.3 is 10.4 Å². The molecule has 1 aliphatic heterocycles. The van der Waals surface area contributed by atoms with Crippen molar-refractivity contribution in [2.75, 3.05) is 26.7 Å². The molecule has 1 fully saturated rings. The van der Waals surface area contributed by atoms with Crippen LogP contribution >= 0.6 is 0 Å². The molecule has 104 valence electrons. The van der Waals surface area contributed by atoms with E-state index in [0.717, 1.165) is 32.1 Å². The first kappa shape index (κ1) is 14.0. The second-order valence-corrected chi connectivity index (χ2v) is 5.30. The fourth-order valence-electron chi connectivity index (χ4n) is 2.76. The Morgan fingerprint density at radius 1 is 1.42 bits per heavy atom. The number of rotatable bonds is 5. The average molecular weight is 262 g/mol. The molecule has 0 spiro atoms. The van der Waals surface area contributed by atoms with Crippen LogP contribution in [0.4, 0.5) is 0 Å². The summed E-state index contributed by atoms with van der Waals surface area (Å²) in [7, 11) is 2.00. The Morgan fingerprint density at radius 2 is 2.16 bits per heavy atom. The highest BCUT2D eigenvalue weighted by atomic mass is 16.4. The largest absolute Gasteiger partial charge is 0.478 e. The van der Waals surface area contributed by atoms with Crippen LogP contribution in [-0.4, -0.2) is 42.7 Å². The van der Waals surface area contributed by atoms with E-state index in [9.17, 15) is 4.79 Å². The van der Waals surface area contributed by atoms with Crippen molar-refractivity contribution in [2.45, 2.75) is 19.4 Å². The van der Waals surface area contributed by atoms with Crippen molar-refractivity contribution in [2.24, 2.45) is 5.92 Å². The van der Waals surface area contributed by atoms with Gasteiger partial charge in [-0.05, 0) is 56.6 Å². The number of benzene rings is 1. The van der Waals surface area contributed by atoms with Gasteiger partial charge in [-0.15, -0.1) is 0 Å². The minimum atomic E-state index is -0.862. The number of hydrogen-bond donors (Lipinski definition) is 2. The molecule has 1 unspecified atom stereocenters. The molecule has 0 bridgehead atoms. The summed E-state index contributed by atoms with van der Waals surface area (Å²) in [6.07, 6.45) is 2.55. The van der Waals surface area contributed by atoms with Gasteiger partial charge >= 0.3 is 5.97 Å². The molecule has 1 atom stereocenters. The highest BCUT2D eigenvalue weighted by Gasteiger charge is 2.19. The maximum atomic E-state index is 10.8. The third-order valence-electron chi connectivity index (χ3n) is 3.70. The van der Waals surface area contributed by atoms with Crippen LogP contribution in [0, 0.1) is 5.92 Å². The third-order valence-corrected chi connectivity index (χ3v) is 3.70. The minimum Gasteiger partial charge on any atom is -0.478 e. The molecule has 2 N–H and O–H groups in total. The quantitative estimate of drug-likeness (QED) is 0.850. The molecule has 1 aliphatic rings. The van der Waals surface area contributed by atoms with Gasteiger partial charge in [0.25, 0.3) is 0 Å². The molecule has 1 saturated heterocycles. The molecule has 1 heterocycles. The predicted molar refractivity (Wildman–Crippen MR) is 75.3 cm³/mol. The van der Waals surface area contributed by atoms with Gasteiger partial charge in [-0.3, -0.25) is 4.90 Å². The maximum Gasteiger partial charge on any atom is 0.335 e. The predicted octanol–water partition coefficient (Wildman–Crippen LogP) is 1.82. The molecule has 19 heavy (non-hydrogen) atoms. The number of piperidine rings is 1. The fourth-order valence-corrected chi connectivity index (χ4v) is 2.76. The zero-order chi connectivity index (χ0) is 13.7. The molecule has 0 amide bonds. The first-order chi connectivity index (χ1) is 9.19. The van der Waals surface area contributed by atoms with E-state index in [1.54, 1.807) is 12.1 Å². The van der Waals surface area contributed by atoms with E-state index in [4.69, 9.17) is 5.11 Å². The molecular weight excluding hydrogens is 240 g/mol. The van der Waals surface area contributed by atoms with Crippen molar-refractivity contribution in [1.82, 2.24) is 10.2 Å². The number of aromatic carboxylic acids is 1. The lowest BCUT2D eigenvalue weighted by molar-refractivity contribution is 0.0697. The Balaban J connectivity index is 1.91. The topological polar surface area (TPSA) is 52.6 Å². The number of carboxylic acid groups (broad SMARTS) is 1. The summed E-state index contributed by atoms with van der Waals surface area (Å²) in [6, 6.07) is 7.22. The molecule has 0 aromatic heterocycles. The number of hydrogen-bond acceptors (Lipinski definition) is 3. The first-order valence-electron chi connectivity index (χ1n) is 6.88. The second kappa shape index (κ2) is 6.68. The normalized spacial score (nSPS) is 20.4. The van der Waals surface area contributed by atoms with Gasteiger partial charge in [0, 0.05) is 13.1 Å². The third kappa shape index (κ3) is 4.04. The number of carboxylic acids is 1. The Kier molecular flexibility index (Phi) is 4.93. The lowest BCUT2D eigenvalue weighted by atomic mass is 9.97. The lowest BCUT2D eigenvalue weighted by Gasteiger charge is -2.32. The van der Waals surface area contributed by atoms with Gasteiger partial charge in [0.15, 0.2) is 0 Å². The average Bonchev–Trinajstić information content (AvgIpc) is 2.40. The van der Waals surface area contributed by atoms with Gasteiger partial charge in [0.1, 0.15) is 0 Å². The molecule has 0 saturated carbocycles. The summed E-state index contributed by atoms with van der Waals surface area (Å²) < 4.78 is 0. The zero-order valence-corrected chi connectivity index (χ0v) is 11.4. The van der Waals surface area contributed by atoms with E-state index < -0.39 is 5.97 Å². The monoisotopic (exact) mass is 262 g/mol. The Labute approximate surface area is 114 Å². The van der Waals surface area contributed by atoms with Gasteiger partial charge in [0.2, 0.25) is 0 Å². The lowest BCUT2D eigenvalue weighted by Crippen LogP contribution is -2.38. The van der Waals surface area contributed by atoms with Crippen molar-refractivity contribution in [3.8, 4) is 0 Å². The number of nitrogens with one attached hydrogen (secondary N) is 1. The summed E-state index contributed by atoms with van der Waals surface area (Å²) in [6.45, 7) is 4.26. The number of carbonyl (C=O) groups is 1. The zero-order valence-electron chi connectivity index (χ0n) is 11.4.